The molecule has 1 aliphatic heterocycles. The molecular formula is C16H33N3. The van der Waals surface area contributed by atoms with E-state index in [4.69, 9.17) is 5.73 Å². The van der Waals surface area contributed by atoms with Gasteiger partial charge in [0, 0.05) is 12.1 Å². The summed E-state index contributed by atoms with van der Waals surface area (Å²) < 4.78 is 0. The molecule has 0 amide bonds. The van der Waals surface area contributed by atoms with Crippen LogP contribution in [0.25, 0.3) is 0 Å². The standard InChI is InChI=1S/C16H33N3/c1-14-7-4-5-11-19(14)12-6-10-18-16-9-3-2-8-15(16)13-17/h14-16,18H,2-13,17H2,1H3. The highest BCUT2D eigenvalue weighted by atomic mass is 15.2. The van der Waals surface area contributed by atoms with E-state index in [1.807, 2.05) is 0 Å². The molecule has 3 unspecified atom stereocenters. The molecule has 3 N–H and O–H groups in total. The Labute approximate surface area is 119 Å². The molecule has 0 aromatic rings. The Morgan fingerprint density at radius 1 is 1.11 bits per heavy atom. The van der Waals surface area contributed by atoms with Gasteiger partial charge in [-0.05, 0) is 71.1 Å². The quantitative estimate of drug-likeness (QED) is 0.726. The van der Waals surface area contributed by atoms with Crippen molar-refractivity contribution in [1.29, 1.82) is 0 Å². The van der Waals surface area contributed by atoms with E-state index >= 15 is 0 Å². The Bertz CT molecular complexity index is 244. The van der Waals surface area contributed by atoms with Gasteiger partial charge in [0.15, 0.2) is 0 Å². The Hall–Kier alpha value is -0.120. The van der Waals surface area contributed by atoms with Gasteiger partial charge in [-0.3, -0.25) is 0 Å². The molecule has 1 saturated carbocycles. The predicted octanol–water partition coefficient (Wildman–Crippen LogP) is 2.36. The van der Waals surface area contributed by atoms with Crippen LogP contribution in [-0.2, 0) is 0 Å². The summed E-state index contributed by atoms with van der Waals surface area (Å²) in [5, 5.41) is 3.77. The van der Waals surface area contributed by atoms with E-state index in [-0.39, 0.29) is 0 Å². The first-order valence-electron chi connectivity index (χ1n) is 8.48. The molecule has 2 aliphatic rings. The maximum atomic E-state index is 5.88. The fraction of sp³-hybridized carbons (Fsp3) is 1.00. The van der Waals surface area contributed by atoms with Crippen LogP contribution >= 0.6 is 0 Å². The van der Waals surface area contributed by atoms with Crippen LogP contribution in [0.4, 0.5) is 0 Å². The highest BCUT2D eigenvalue weighted by Crippen LogP contribution is 2.23. The Morgan fingerprint density at radius 3 is 2.68 bits per heavy atom. The Balaban J connectivity index is 1.60. The summed E-state index contributed by atoms with van der Waals surface area (Å²) in [6, 6.07) is 1.50. The molecule has 112 valence electrons. The lowest BCUT2D eigenvalue weighted by Crippen LogP contribution is -2.43. The van der Waals surface area contributed by atoms with Crippen molar-refractivity contribution in [2.24, 2.45) is 11.7 Å². The van der Waals surface area contributed by atoms with Gasteiger partial charge in [-0.1, -0.05) is 19.3 Å². The minimum atomic E-state index is 0.692. The third-order valence-electron chi connectivity index (χ3n) is 5.18. The van der Waals surface area contributed by atoms with Gasteiger partial charge in [-0.2, -0.15) is 0 Å². The van der Waals surface area contributed by atoms with E-state index in [0.29, 0.717) is 6.04 Å². The largest absolute Gasteiger partial charge is 0.330 e. The summed E-state index contributed by atoms with van der Waals surface area (Å²) in [6.45, 7) is 7.01. The van der Waals surface area contributed by atoms with Gasteiger partial charge in [-0.25, -0.2) is 0 Å². The van der Waals surface area contributed by atoms with E-state index in [9.17, 15) is 0 Å². The molecule has 1 heterocycles. The monoisotopic (exact) mass is 267 g/mol. The first-order valence-corrected chi connectivity index (χ1v) is 8.48. The summed E-state index contributed by atoms with van der Waals surface area (Å²) >= 11 is 0. The Kier molecular flexibility index (Phi) is 6.62. The molecule has 19 heavy (non-hydrogen) atoms. The van der Waals surface area contributed by atoms with Crippen molar-refractivity contribution in [3.63, 3.8) is 0 Å². The van der Waals surface area contributed by atoms with Crippen molar-refractivity contribution in [3.05, 3.63) is 0 Å². The van der Waals surface area contributed by atoms with Crippen molar-refractivity contribution in [2.45, 2.75) is 70.4 Å². The molecule has 2 fully saturated rings. The molecule has 3 nitrogen and oxygen atoms in total. The van der Waals surface area contributed by atoms with Crippen LogP contribution in [0.2, 0.25) is 0 Å². The van der Waals surface area contributed by atoms with Gasteiger partial charge >= 0.3 is 0 Å². The Morgan fingerprint density at radius 2 is 1.89 bits per heavy atom. The van der Waals surface area contributed by atoms with Crippen molar-refractivity contribution in [1.82, 2.24) is 10.2 Å². The van der Waals surface area contributed by atoms with Crippen molar-refractivity contribution < 1.29 is 0 Å². The van der Waals surface area contributed by atoms with Gasteiger partial charge < -0.3 is 16.0 Å². The lowest BCUT2D eigenvalue weighted by molar-refractivity contribution is 0.157. The summed E-state index contributed by atoms with van der Waals surface area (Å²) in [4.78, 5) is 2.67. The maximum absolute atomic E-state index is 5.88. The van der Waals surface area contributed by atoms with Gasteiger partial charge in [0.2, 0.25) is 0 Å². The van der Waals surface area contributed by atoms with Crippen LogP contribution in [0.3, 0.4) is 0 Å². The van der Waals surface area contributed by atoms with Crippen molar-refractivity contribution in [3.8, 4) is 0 Å². The SMILES string of the molecule is CC1CCCCN1CCCNC1CCCCC1CN. The molecule has 0 aromatic heterocycles. The van der Waals surface area contributed by atoms with Gasteiger partial charge in [0.25, 0.3) is 0 Å². The highest BCUT2D eigenvalue weighted by molar-refractivity contribution is 4.81. The van der Waals surface area contributed by atoms with E-state index in [1.165, 1.54) is 71.0 Å². The van der Waals surface area contributed by atoms with E-state index in [1.54, 1.807) is 0 Å². The molecule has 0 bridgehead atoms. The lowest BCUT2D eigenvalue weighted by Gasteiger charge is -2.34. The van der Waals surface area contributed by atoms with Crippen LogP contribution in [0, 0.1) is 5.92 Å². The zero-order valence-electron chi connectivity index (χ0n) is 12.7. The van der Waals surface area contributed by atoms with Crippen LogP contribution in [0.1, 0.15) is 58.3 Å². The second kappa shape index (κ2) is 8.23. The van der Waals surface area contributed by atoms with Crippen LogP contribution in [0.5, 0.6) is 0 Å². The number of hydrogen-bond acceptors (Lipinski definition) is 3. The minimum Gasteiger partial charge on any atom is -0.330 e. The molecule has 1 aliphatic carbocycles. The first kappa shape index (κ1) is 15.3. The second-order valence-corrected chi connectivity index (χ2v) is 6.58. The van der Waals surface area contributed by atoms with Gasteiger partial charge in [-0.15, -0.1) is 0 Å². The van der Waals surface area contributed by atoms with E-state index < -0.39 is 0 Å². The molecule has 1 saturated heterocycles. The fourth-order valence-corrected chi connectivity index (χ4v) is 3.82. The van der Waals surface area contributed by atoms with E-state index in [0.717, 1.165) is 18.5 Å². The summed E-state index contributed by atoms with van der Waals surface area (Å²) in [5.41, 5.74) is 5.88. The predicted molar refractivity (Wildman–Crippen MR) is 82.3 cm³/mol. The normalized spacial score (nSPS) is 33.5. The molecular weight excluding hydrogens is 234 g/mol. The molecule has 3 atom stereocenters. The average Bonchev–Trinajstić information content (AvgIpc) is 2.45. The van der Waals surface area contributed by atoms with Crippen LogP contribution in [0.15, 0.2) is 0 Å². The molecule has 0 aromatic carbocycles. The number of nitrogens with two attached hydrogens (primary N) is 1. The van der Waals surface area contributed by atoms with E-state index in [2.05, 4.69) is 17.1 Å². The summed E-state index contributed by atoms with van der Waals surface area (Å²) in [7, 11) is 0. The number of nitrogens with one attached hydrogen (secondary N) is 1. The molecule has 0 radical (unpaired) electrons. The molecule has 2 rings (SSSR count). The van der Waals surface area contributed by atoms with Crippen LogP contribution < -0.4 is 11.1 Å². The topological polar surface area (TPSA) is 41.3 Å². The van der Waals surface area contributed by atoms with Gasteiger partial charge in [0.1, 0.15) is 0 Å². The summed E-state index contributed by atoms with van der Waals surface area (Å²) in [6.07, 6.45) is 10.9. The van der Waals surface area contributed by atoms with Gasteiger partial charge in [0.05, 0.1) is 0 Å². The maximum Gasteiger partial charge on any atom is 0.0107 e. The molecule has 0 spiro atoms. The third kappa shape index (κ3) is 4.73. The smallest absolute Gasteiger partial charge is 0.0107 e. The minimum absolute atomic E-state index is 0.692. The fourth-order valence-electron chi connectivity index (χ4n) is 3.82. The number of piperidine rings is 1. The lowest BCUT2D eigenvalue weighted by atomic mass is 9.84. The van der Waals surface area contributed by atoms with Crippen molar-refractivity contribution in [2.75, 3.05) is 26.2 Å². The highest BCUT2D eigenvalue weighted by Gasteiger charge is 2.23. The third-order valence-corrected chi connectivity index (χ3v) is 5.18. The first-order chi connectivity index (χ1) is 9.31. The average molecular weight is 267 g/mol. The zero-order valence-corrected chi connectivity index (χ0v) is 12.7. The van der Waals surface area contributed by atoms with Crippen LogP contribution in [-0.4, -0.2) is 43.2 Å². The van der Waals surface area contributed by atoms with Crippen molar-refractivity contribution >= 4 is 0 Å². The number of rotatable bonds is 6. The second-order valence-electron chi connectivity index (χ2n) is 6.58. The number of hydrogen-bond donors (Lipinski definition) is 2. The number of likely N-dealkylation sites (tertiary alicyclic amines) is 1. The molecule has 3 heteroatoms. The summed E-state index contributed by atoms with van der Waals surface area (Å²) in [5.74, 6) is 0.725. The number of nitrogens with zero attached hydrogens (tertiary/aromatic N) is 1. The zero-order chi connectivity index (χ0) is 13.5.